The molecule has 0 aliphatic heterocycles. The van der Waals surface area contributed by atoms with Gasteiger partial charge in [0.15, 0.2) is 10.7 Å². The summed E-state index contributed by atoms with van der Waals surface area (Å²) in [5, 5.41) is 10.4. The number of hydrogen-bond acceptors (Lipinski definition) is 5. The molecule has 2 heterocycles. The fourth-order valence-electron chi connectivity index (χ4n) is 3.74. The van der Waals surface area contributed by atoms with Crippen molar-refractivity contribution in [1.29, 1.82) is 0 Å². The molecule has 0 bridgehead atoms. The average molecular weight is 389 g/mol. The predicted octanol–water partition coefficient (Wildman–Crippen LogP) is 5.01. The van der Waals surface area contributed by atoms with E-state index in [1.54, 1.807) is 0 Å². The van der Waals surface area contributed by atoms with Gasteiger partial charge in [0.2, 0.25) is 5.91 Å². The minimum atomic E-state index is -0.148. The second-order valence-corrected chi connectivity index (χ2v) is 7.94. The second kappa shape index (κ2) is 7.20. The first-order valence-electron chi connectivity index (χ1n) is 9.47. The van der Waals surface area contributed by atoms with Crippen LogP contribution in [-0.4, -0.2) is 16.0 Å². The molecule has 1 N–H and O–H groups in total. The molecule has 5 nitrogen and oxygen atoms in total. The van der Waals surface area contributed by atoms with Crippen LogP contribution in [0.5, 0.6) is 0 Å². The van der Waals surface area contributed by atoms with E-state index in [4.69, 9.17) is 4.52 Å². The summed E-state index contributed by atoms with van der Waals surface area (Å²) in [6, 6.07) is 14.1. The molecule has 2 aromatic heterocycles. The van der Waals surface area contributed by atoms with Gasteiger partial charge >= 0.3 is 0 Å². The van der Waals surface area contributed by atoms with E-state index in [-0.39, 0.29) is 12.3 Å². The van der Waals surface area contributed by atoms with Crippen LogP contribution in [0, 0.1) is 0 Å². The number of amides is 1. The lowest BCUT2D eigenvalue weighted by molar-refractivity contribution is -0.115. The molecule has 0 saturated heterocycles. The molecule has 140 valence electrons. The van der Waals surface area contributed by atoms with Crippen LogP contribution in [0.15, 0.2) is 52.4 Å². The first-order chi connectivity index (χ1) is 13.8. The molecular formula is C22H19N3O2S. The van der Waals surface area contributed by atoms with Gasteiger partial charge in [-0.25, -0.2) is 4.98 Å². The van der Waals surface area contributed by atoms with Crippen LogP contribution >= 0.6 is 11.3 Å². The Morgan fingerprint density at radius 2 is 1.96 bits per heavy atom. The van der Waals surface area contributed by atoms with Crippen LogP contribution in [0.1, 0.15) is 29.7 Å². The third kappa shape index (κ3) is 3.31. The third-order valence-electron chi connectivity index (χ3n) is 5.17. The number of aryl methyl sites for hydroxylation is 2. The number of nitrogens with zero attached hydrogens (tertiary/aromatic N) is 2. The summed E-state index contributed by atoms with van der Waals surface area (Å²) in [6.45, 7) is 0. The summed E-state index contributed by atoms with van der Waals surface area (Å²) in [5.41, 5.74) is 6.23. The Hall–Kier alpha value is -2.99. The molecule has 0 unspecified atom stereocenters. The van der Waals surface area contributed by atoms with E-state index in [9.17, 15) is 4.79 Å². The number of nitrogens with one attached hydrogen (secondary N) is 1. The largest absolute Gasteiger partial charge is 0.356 e. The first kappa shape index (κ1) is 17.1. The van der Waals surface area contributed by atoms with Gasteiger partial charge in [0.05, 0.1) is 12.1 Å². The molecule has 1 aliphatic rings. The summed E-state index contributed by atoms with van der Waals surface area (Å²) in [7, 11) is 0. The molecule has 0 radical (unpaired) electrons. The number of hydrogen-bond donors (Lipinski definition) is 1. The first-order valence-corrected chi connectivity index (χ1v) is 10.3. The van der Waals surface area contributed by atoms with E-state index in [1.807, 2.05) is 29.6 Å². The number of thiazole rings is 1. The number of anilines is 1. The Morgan fingerprint density at radius 1 is 1.11 bits per heavy atom. The molecule has 0 fully saturated rings. The van der Waals surface area contributed by atoms with Gasteiger partial charge < -0.3 is 9.84 Å². The van der Waals surface area contributed by atoms with Gasteiger partial charge in [-0.2, -0.15) is 0 Å². The molecule has 0 spiro atoms. The predicted molar refractivity (Wildman–Crippen MR) is 111 cm³/mol. The Morgan fingerprint density at radius 3 is 2.89 bits per heavy atom. The van der Waals surface area contributed by atoms with Gasteiger partial charge in [-0.15, -0.1) is 11.3 Å². The zero-order chi connectivity index (χ0) is 18.9. The van der Waals surface area contributed by atoms with Gasteiger partial charge in [0.25, 0.3) is 0 Å². The minimum absolute atomic E-state index is 0.148. The van der Waals surface area contributed by atoms with Crippen LogP contribution in [0.3, 0.4) is 0 Å². The van der Waals surface area contributed by atoms with Crippen molar-refractivity contribution < 1.29 is 9.32 Å². The molecular weight excluding hydrogens is 370 g/mol. The van der Waals surface area contributed by atoms with E-state index in [0.29, 0.717) is 16.4 Å². The lowest BCUT2D eigenvalue weighted by Crippen LogP contribution is -2.14. The van der Waals surface area contributed by atoms with E-state index >= 15 is 0 Å². The molecule has 1 aliphatic carbocycles. The highest BCUT2D eigenvalue weighted by Gasteiger charge is 2.15. The van der Waals surface area contributed by atoms with E-state index < -0.39 is 0 Å². The van der Waals surface area contributed by atoms with Gasteiger partial charge in [0, 0.05) is 16.3 Å². The van der Waals surface area contributed by atoms with Gasteiger partial charge in [-0.3, -0.25) is 4.79 Å². The Bertz CT molecular complexity index is 1160. The van der Waals surface area contributed by atoms with Crippen molar-refractivity contribution in [2.45, 2.75) is 32.1 Å². The second-order valence-electron chi connectivity index (χ2n) is 7.08. The van der Waals surface area contributed by atoms with Crippen molar-refractivity contribution in [3.63, 3.8) is 0 Å². The van der Waals surface area contributed by atoms with E-state index in [2.05, 4.69) is 33.7 Å². The molecule has 4 aromatic rings. The van der Waals surface area contributed by atoms with Crippen LogP contribution in [0.2, 0.25) is 0 Å². The van der Waals surface area contributed by atoms with Gasteiger partial charge in [-0.05, 0) is 55.0 Å². The Balaban J connectivity index is 1.30. The molecule has 0 saturated carbocycles. The Labute approximate surface area is 166 Å². The highest BCUT2D eigenvalue weighted by Crippen LogP contribution is 2.29. The van der Waals surface area contributed by atoms with Crippen molar-refractivity contribution in [1.82, 2.24) is 10.1 Å². The van der Waals surface area contributed by atoms with Crippen molar-refractivity contribution in [3.8, 4) is 11.3 Å². The number of fused-ring (bicyclic) bond motifs is 2. The van der Waals surface area contributed by atoms with Crippen LogP contribution in [0.4, 0.5) is 5.13 Å². The number of rotatable bonds is 4. The summed E-state index contributed by atoms with van der Waals surface area (Å²) >= 11 is 1.44. The maximum Gasteiger partial charge on any atom is 0.232 e. The van der Waals surface area contributed by atoms with Crippen molar-refractivity contribution >= 4 is 33.3 Å². The fourth-order valence-corrected chi connectivity index (χ4v) is 4.47. The molecule has 1 amide bonds. The average Bonchev–Trinajstić information content (AvgIpc) is 3.35. The van der Waals surface area contributed by atoms with Crippen LogP contribution in [-0.2, 0) is 24.1 Å². The van der Waals surface area contributed by atoms with Crippen molar-refractivity contribution in [3.05, 3.63) is 64.7 Å². The number of carbonyl (C=O) groups is 1. The standard InChI is InChI=1S/C22H19N3O2S/c26-21(12-18-17-7-3-4-8-20(17)27-25-18)24-22-23-19(13-28-22)16-10-9-14-5-1-2-6-15(14)11-16/h3-4,7-11,13H,1-2,5-6,12H2,(H,23,24,26). The SMILES string of the molecule is O=C(Cc1noc2ccccc12)Nc1nc(-c2ccc3c(c2)CCCC3)cs1. The third-order valence-corrected chi connectivity index (χ3v) is 5.93. The normalized spacial score (nSPS) is 13.4. The lowest BCUT2D eigenvalue weighted by atomic mass is 9.90. The summed E-state index contributed by atoms with van der Waals surface area (Å²) < 4.78 is 5.26. The zero-order valence-electron chi connectivity index (χ0n) is 15.3. The minimum Gasteiger partial charge on any atom is -0.356 e. The smallest absolute Gasteiger partial charge is 0.232 e. The van der Waals surface area contributed by atoms with E-state index in [1.165, 1.54) is 41.7 Å². The topological polar surface area (TPSA) is 68.0 Å². The monoisotopic (exact) mass is 389 g/mol. The molecule has 28 heavy (non-hydrogen) atoms. The van der Waals surface area contributed by atoms with Gasteiger partial charge in [-0.1, -0.05) is 29.4 Å². The molecule has 5 rings (SSSR count). The van der Waals surface area contributed by atoms with E-state index in [0.717, 1.165) is 23.1 Å². The van der Waals surface area contributed by atoms with Gasteiger partial charge in [0.1, 0.15) is 5.69 Å². The summed E-state index contributed by atoms with van der Waals surface area (Å²) in [6.07, 6.45) is 5.00. The maximum atomic E-state index is 12.4. The number of benzene rings is 2. The number of carbonyl (C=O) groups excluding carboxylic acids is 1. The highest BCUT2D eigenvalue weighted by molar-refractivity contribution is 7.14. The number of aromatic nitrogens is 2. The molecule has 0 atom stereocenters. The summed E-state index contributed by atoms with van der Waals surface area (Å²) in [5.74, 6) is -0.148. The fraction of sp³-hybridized carbons (Fsp3) is 0.227. The highest BCUT2D eigenvalue weighted by atomic mass is 32.1. The van der Waals surface area contributed by atoms with Crippen molar-refractivity contribution in [2.75, 3.05) is 5.32 Å². The Kier molecular flexibility index (Phi) is 4.41. The maximum absolute atomic E-state index is 12.4. The van der Waals surface area contributed by atoms with Crippen LogP contribution in [0.25, 0.3) is 22.2 Å². The summed E-state index contributed by atoms with van der Waals surface area (Å²) in [4.78, 5) is 17.0. The molecule has 2 aromatic carbocycles. The molecule has 6 heteroatoms. The van der Waals surface area contributed by atoms with Crippen molar-refractivity contribution in [2.24, 2.45) is 0 Å². The quantitative estimate of drug-likeness (QED) is 0.533. The lowest BCUT2D eigenvalue weighted by Gasteiger charge is -2.16. The number of para-hydroxylation sites is 1. The zero-order valence-corrected chi connectivity index (χ0v) is 16.1. The van der Waals surface area contributed by atoms with Crippen LogP contribution < -0.4 is 5.32 Å².